The van der Waals surface area contributed by atoms with Gasteiger partial charge in [-0.1, -0.05) is 48.7 Å². The zero-order valence-electron chi connectivity index (χ0n) is 16.3. The first-order valence-electron chi connectivity index (χ1n) is 9.55. The van der Waals surface area contributed by atoms with Crippen LogP contribution in [0.1, 0.15) is 49.9 Å². The second-order valence-electron chi connectivity index (χ2n) is 6.60. The number of unbranched alkanes of at least 4 members (excludes halogenated alkanes) is 2. The van der Waals surface area contributed by atoms with Crippen molar-refractivity contribution in [1.82, 2.24) is 4.31 Å². The number of amides is 1. The molecule has 0 atom stereocenters. The Morgan fingerprint density at radius 1 is 1.00 bits per heavy atom. The molecule has 0 heterocycles. The third kappa shape index (κ3) is 6.15. The number of hydrogen-bond donors (Lipinski definition) is 1. The van der Waals surface area contributed by atoms with Crippen LogP contribution in [0.25, 0.3) is 0 Å². The van der Waals surface area contributed by atoms with E-state index in [9.17, 15) is 13.2 Å². The Bertz CT molecular complexity index is 875. The van der Waals surface area contributed by atoms with Crippen LogP contribution >= 0.6 is 15.9 Å². The van der Waals surface area contributed by atoms with Crippen LogP contribution in [-0.2, 0) is 10.0 Å². The van der Waals surface area contributed by atoms with Gasteiger partial charge in [0.25, 0.3) is 5.91 Å². The zero-order chi connectivity index (χ0) is 20.6. The summed E-state index contributed by atoms with van der Waals surface area (Å²) in [6.07, 6.45) is 3.56. The van der Waals surface area contributed by atoms with Gasteiger partial charge in [-0.15, -0.1) is 0 Å². The molecule has 0 saturated carbocycles. The highest BCUT2D eigenvalue weighted by Gasteiger charge is 2.23. The number of nitrogens with one attached hydrogen (secondary N) is 1. The molecule has 0 spiro atoms. The number of carbonyl (C=O) groups is 1. The van der Waals surface area contributed by atoms with Crippen LogP contribution in [0.3, 0.4) is 0 Å². The highest BCUT2D eigenvalue weighted by molar-refractivity contribution is 9.10. The number of anilines is 1. The second-order valence-corrected chi connectivity index (χ2v) is 9.45. The first-order valence-corrected chi connectivity index (χ1v) is 11.8. The second kappa shape index (κ2) is 10.7. The predicted molar refractivity (Wildman–Crippen MR) is 117 cm³/mol. The molecule has 5 nitrogen and oxygen atoms in total. The molecule has 2 aromatic carbocycles. The number of carbonyl (C=O) groups excluding carboxylic acids is 1. The summed E-state index contributed by atoms with van der Waals surface area (Å²) in [6.45, 7) is 5.15. The number of hydrogen-bond acceptors (Lipinski definition) is 3. The molecule has 0 bridgehead atoms. The van der Waals surface area contributed by atoms with Gasteiger partial charge in [-0.05, 0) is 55.3 Å². The van der Waals surface area contributed by atoms with E-state index in [0.717, 1.165) is 30.2 Å². The summed E-state index contributed by atoms with van der Waals surface area (Å²) in [5, 5.41) is 2.79. The summed E-state index contributed by atoms with van der Waals surface area (Å²) in [4.78, 5) is 12.6. The van der Waals surface area contributed by atoms with E-state index in [1.807, 2.05) is 19.9 Å². The maximum Gasteiger partial charge on any atom is 0.255 e. The van der Waals surface area contributed by atoms with Gasteiger partial charge in [0.2, 0.25) is 10.0 Å². The first-order chi connectivity index (χ1) is 13.4. The largest absolute Gasteiger partial charge is 0.322 e. The van der Waals surface area contributed by atoms with Gasteiger partial charge in [0.05, 0.1) is 4.90 Å². The molecule has 0 radical (unpaired) electrons. The molecule has 2 rings (SSSR count). The lowest BCUT2D eigenvalue weighted by atomic mass is 10.2. The fourth-order valence-corrected chi connectivity index (χ4v) is 4.63. The topological polar surface area (TPSA) is 66.5 Å². The number of halogens is 1. The fraction of sp³-hybridized carbons (Fsp3) is 0.381. The normalized spacial score (nSPS) is 11.6. The average Bonchev–Trinajstić information content (AvgIpc) is 2.68. The summed E-state index contributed by atoms with van der Waals surface area (Å²) < 4.78 is 28.3. The molecule has 2 aromatic rings. The highest BCUT2D eigenvalue weighted by atomic mass is 79.9. The van der Waals surface area contributed by atoms with Crippen molar-refractivity contribution in [2.24, 2.45) is 0 Å². The molecule has 7 heteroatoms. The zero-order valence-corrected chi connectivity index (χ0v) is 18.7. The maximum absolute atomic E-state index is 13.0. The van der Waals surface area contributed by atoms with Crippen molar-refractivity contribution < 1.29 is 13.2 Å². The van der Waals surface area contributed by atoms with Gasteiger partial charge >= 0.3 is 0 Å². The monoisotopic (exact) mass is 466 g/mol. The van der Waals surface area contributed by atoms with Crippen molar-refractivity contribution in [1.29, 1.82) is 0 Å². The Labute approximate surface area is 176 Å². The van der Waals surface area contributed by atoms with Crippen molar-refractivity contribution in [2.45, 2.75) is 44.4 Å². The first kappa shape index (κ1) is 22.6. The van der Waals surface area contributed by atoms with Crippen molar-refractivity contribution >= 4 is 37.5 Å². The van der Waals surface area contributed by atoms with E-state index >= 15 is 0 Å². The molecule has 28 heavy (non-hydrogen) atoms. The summed E-state index contributed by atoms with van der Waals surface area (Å²) in [5.74, 6) is -0.246. The Hall–Kier alpha value is -1.70. The Morgan fingerprint density at radius 3 is 2.14 bits per heavy atom. The lowest BCUT2D eigenvalue weighted by molar-refractivity contribution is 0.102. The van der Waals surface area contributed by atoms with Crippen molar-refractivity contribution in [3.63, 3.8) is 0 Å². The summed E-state index contributed by atoms with van der Waals surface area (Å²) in [7, 11) is -3.53. The van der Waals surface area contributed by atoms with Crippen LogP contribution in [0.15, 0.2) is 57.9 Å². The lowest BCUT2D eigenvalue weighted by Gasteiger charge is -2.22. The molecule has 0 saturated heterocycles. The van der Waals surface area contributed by atoms with E-state index in [1.54, 1.807) is 46.8 Å². The number of nitrogens with zero attached hydrogens (tertiary/aromatic N) is 1. The van der Waals surface area contributed by atoms with E-state index in [2.05, 4.69) is 21.2 Å². The van der Waals surface area contributed by atoms with Crippen molar-refractivity contribution in [3.8, 4) is 0 Å². The quantitative estimate of drug-likeness (QED) is 0.516. The molecule has 1 N–H and O–H groups in total. The van der Waals surface area contributed by atoms with Gasteiger partial charge in [0.1, 0.15) is 0 Å². The maximum atomic E-state index is 13.0. The third-order valence-electron chi connectivity index (χ3n) is 4.36. The van der Waals surface area contributed by atoms with Crippen molar-refractivity contribution in [2.75, 3.05) is 18.4 Å². The lowest BCUT2D eigenvalue weighted by Crippen LogP contribution is -2.33. The van der Waals surface area contributed by atoms with Crippen LogP contribution in [-0.4, -0.2) is 31.7 Å². The van der Waals surface area contributed by atoms with E-state index < -0.39 is 10.0 Å². The molecule has 0 aromatic heterocycles. The third-order valence-corrected chi connectivity index (χ3v) is 6.77. The van der Waals surface area contributed by atoms with Gasteiger partial charge in [-0.3, -0.25) is 4.79 Å². The summed E-state index contributed by atoms with van der Waals surface area (Å²) in [5.41, 5.74) is 1.08. The van der Waals surface area contributed by atoms with Crippen LogP contribution in [0, 0.1) is 0 Å². The number of sulfonamides is 1. The Morgan fingerprint density at radius 2 is 1.61 bits per heavy atom. The van der Waals surface area contributed by atoms with Gasteiger partial charge in [-0.2, -0.15) is 4.31 Å². The van der Waals surface area contributed by atoms with Gasteiger partial charge in [-0.25, -0.2) is 8.42 Å². The molecule has 0 aliphatic heterocycles. The van der Waals surface area contributed by atoms with Crippen molar-refractivity contribution in [3.05, 3.63) is 58.6 Å². The smallest absolute Gasteiger partial charge is 0.255 e. The van der Waals surface area contributed by atoms with Gasteiger partial charge in [0.15, 0.2) is 0 Å². The molecule has 0 unspecified atom stereocenters. The van der Waals surface area contributed by atoms with Gasteiger partial charge < -0.3 is 5.32 Å². The number of benzene rings is 2. The van der Waals surface area contributed by atoms with E-state index in [4.69, 9.17) is 0 Å². The standard InChI is InChI=1S/C21H27BrN2O3S/c1-3-5-14-24(15-6-4-2)28(26,27)20-12-10-19(11-13-20)23-21(25)17-8-7-9-18(22)16-17/h7-13,16H,3-6,14-15H2,1-2H3,(H,23,25). The molecule has 1 amide bonds. The van der Waals surface area contributed by atoms with Crippen LogP contribution < -0.4 is 5.32 Å². The van der Waals surface area contributed by atoms with E-state index in [-0.39, 0.29) is 10.8 Å². The van der Waals surface area contributed by atoms with Crippen LogP contribution in [0.4, 0.5) is 5.69 Å². The Kier molecular flexibility index (Phi) is 8.66. The number of rotatable bonds is 10. The highest BCUT2D eigenvalue weighted by Crippen LogP contribution is 2.20. The predicted octanol–water partition coefficient (Wildman–Crippen LogP) is 5.29. The van der Waals surface area contributed by atoms with Crippen LogP contribution in [0.2, 0.25) is 0 Å². The average molecular weight is 467 g/mol. The summed E-state index contributed by atoms with van der Waals surface area (Å²) >= 11 is 3.35. The molecule has 152 valence electrons. The van der Waals surface area contributed by atoms with Gasteiger partial charge in [0, 0.05) is 28.8 Å². The molecule has 0 aliphatic carbocycles. The fourth-order valence-electron chi connectivity index (χ4n) is 2.71. The van der Waals surface area contributed by atoms with E-state index in [0.29, 0.717) is 24.3 Å². The molecule has 0 fully saturated rings. The minimum Gasteiger partial charge on any atom is -0.322 e. The molecular weight excluding hydrogens is 440 g/mol. The summed E-state index contributed by atoms with van der Waals surface area (Å²) in [6, 6.07) is 13.4. The van der Waals surface area contributed by atoms with Crippen LogP contribution in [0.5, 0.6) is 0 Å². The minimum atomic E-state index is -3.53. The molecule has 0 aliphatic rings. The minimum absolute atomic E-state index is 0.246. The van der Waals surface area contributed by atoms with E-state index in [1.165, 1.54) is 0 Å². The SMILES string of the molecule is CCCCN(CCCC)S(=O)(=O)c1ccc(NC(=O)c2cccc(Br)c2)cc1. The Balaban J connectivity index is 2.13. The molecular formula is C21H27BrN2O3S.